The van der Waals surface area contributed by atoms with Crippen LogP contribution in [0.3, 0.4) is 0 Å². The molecule has 0 unspecified atom stereocenters. The molecule has 0 amide bonds. The Hall–Kier alpha value is -3.40. The summed E-state index contributed by atoms with van der Waals surface area (Å²) in [4.78, 5) is 5.63. The summed E-state index contributed by atoms with van der Waals surface area (Å²) in [6.07, 6.45) is 1.74. The van der Waals surface area contributed by atoms with E-state index in [1.807, 2.05) is 41.8 Å². The number of hydrogen-bond acceptors (Lipinski definition) is 5. The molecule has 0 aliphatic carbocycles. The van der Waals surface area contributed by atoms with Crippen LogP contribution < -0.4 is 5.32 Å². The summed E-state index contributed by atoms with van der Waals surface area (Å²) in [7, 11) is 0. The van der Waals surface area contributed by atoms with Crippen LogP contribution in [0.5, 0.6) is 0 Å². The van der Waals surface area contributed by atoms with Crippen molar-refractivity contribution in [3.63, 3.8) is 0 Å². The molecule has 2 aromatic heterocycles. The maximum Gasteiger partial charge on any atom is 0.172 e. The molecular weight excluding hydrogens is 390 g/mol. The van der Waals surface area contributed by atoms with Gasteiger partial charge in [-0.1, -0.05) is 48.0 Å². The van der Waals surface area contributed by atoms with Gasteiger partial charge in [0.2, 0.25) is 0 Å². The Morgan fingerprint density at radius 2 is 2.04 bits per heavy atom. The molecule has 7 heteroatoms. The zero-order chi connectivity index (χ0) is 19.3. The van der Waals surface area contributed by atoms with E-state index in [1.165, 1.54) is 0 Å². The standard InChI is InChI=1S/C21H14ClN5S/c22-15-6-3-7-16(11-15)25-21-18(12-23)20(26-27-21)24-13-14-5-1-2-8-17(14)19-9-4-10-28-19/h1-11,13H,(H2,25,26,27)/b24-13+. The highest BCUT2D eigenvalue weighted by Crippen LogP contribution is 2.29. The first kappa shape index (κ1) is 18.0. The Kier molecular flexibility index (Phi) is 5.20. The molecule has 0 aliphatic heterocycles. The lowest BCUT2D eigenvalue weighted by molar-refractivity contribution is 1.09. The fourth-order valence-electron chi connectivity index (χ4n) is 2.73. The Morgan fingerprint density at radius 3 is 2.82 bits per heavy atom. The molecule has 5 nitrogen and oxygen atoms in total. The Labute approximate surface area is 171 Å². The predicted molar refractivity (Wildman–Crippen MR) is 115 cm³/mol. The first-order valence-corrected chi connectivity index (χ1v) is 9.68. The van der Waals surface area contributed by atoms with Gasteiger partial charge in [0.25, 0.3) is 0 Å². The number of halogens is 1. The van der Waals surface area contributed by atoms with Gasteiger partial charge in [-0.25, -0.2) is 4.99 Å². The molecule has 28 heavy (non-hydrogen) atoms. The molecule has 0 radical (unpaired) electrons. The molecular formula is C21H14ClN5S. The van der Waals surface area contributed by atoms with Gasteiger partial charge in [0, 0.05) is 32.9 Å². The van der Waals surface area contributed by atoms with Crippen molar-refractivity contribution in [1.82, 2.24) is 10.2 Å². The average Bonchev–Trinajstić information content (AvgIpc) is 3.36. The second-order valence-corrected chi connectivity index (χ2v) is 7.25. The summed E-state index contributed by atoms with van der Waals surface area (Å²) in [6.45, 7) is 0. The summed E-state index contributed by atoms with van der Waals surface area (Å²) in [5.74, 6) is 0.802. The van der Waals surface area contributed by atoms with Gasteiger partial charge >= 0.3 is 0 Å². The largest absolute Gasteiger partial charge is 0.338 e. The van der Waals surface area contributed by atoms with E-state index in [0.717, 1.165) is 21.7 Å². The molecule has 0 bridgehead atoms. The van der Waals surface area contributed by atoms with E-state index in [-0.39, 0.29) is 0 Å². The van der Waals surface area contributed by atoms with Crippen molar-refractivity contribution in [2.75, 3.05) is 5.32 Å². The number of anilines is 2. The highest BCUT2D eigenvalue weighted by Gasteiger charge is 2.13. The van der Waals surface area contributed by atoms with Crippen molar-refractivity contribution in [2.24, 2.45) is 4.99 Å². The Morgan fingerprint density at radius 1 is 1.14 bits per heavy atom. The highest BCUT2D eigenvalue weighted by atomic mass is 35.5. The first-order chi connectivity index (χ1) is 13.7. The zero-order valence-electron chi connectivity index (χ0n) is 14.6. The van der Waals surface area contributed by atoms with Gasteiger partial charge in [-0.05, 0) is 29.6 Å². The van der Waals surface area contributed by atoms with Crippen LogP contribution in [-0.2, 0) is 0 Å². The van der Waals surface area contributed by atoms with Crippen molar-refractivity contribution >= 4 is 46.5 Å². The van der Waals surface area contributed by atoms with Gasteiger partial charge in [-0.3, -0.25) is 5.10 Å². The molecule has 2 heterocycles. The normalized spacial score (nSPS) is 10.9. The SMILES string of the molecule is N#Cc1c(Nc2cccc(Cl)c2)n[nH]c1/N=C/c1ccccc1-c1cccs1. The topological polar surface area (TPSA) is 76.9 Å². The minimum Gasteiger partial charge on any atom is -0.338 e. The number of nitriles is 1. The smallest absolute Gasteiger partial charge is 0.172 e. The lowest BCUT2D eigenvalue weighted by atomic mass is 10.1. The molecule has 0 saturated carbocycles. The maximum atomic E-state index is 9.57. The number of aliphatic imine (C=N–C) groups is 1. The number of nitrogens with zero attached hydrogens (tertiary/aromatic N) is 3. The number of H-pyrrole nitrogens is 1. The van der Waals surface area contributed by atoms with Crippen molar-refractivity contribution in [1.29, 1.82) is 5.26 Å². The molecule has 2 aromatic carbocycles. The van der Waals surface area contributed by atoms with Crippen molar-refractivity contribution in [3.05, 3.63) is 82.2 Å². The first-order valence-electron chi connectivity index (χ1n) is 8.42. The third-order valence-corrected chi connectivity index (χ3v) is 5.16. The zero-order valence-corrected chi connectivity index (χ0v) is 16.1. The quantitative estimate of drug-likeness (QED) is 0.392. The molecule has 4 rings (SSSR count). The number of nitrogens with one attached hydrogen (secondary N) is 2. The van der Waals surface area contributed by atoms with Gasteiger partial charge in [0.05, 0.1) is 0 Å². The third kappa shape index (κ3) is 3.81. The van der Waals surface area contributed by atoms with E-state index in [4.69, 9.17) is 11.6 Å². The number of benzene rings is 2. The van der Waals surface area contributed by atoms with Crippen LogP contribution in [0.4, 0.5) is 17.3 Å². The van der Waals surface area contributed by atoms with Gasteiger partial charge in [0.1, 0.15) is 11.6 Å². The van der Waals surface area contributed by atoms with Crippen molar-refractivity contribution in [3.8, 4) is 16.5 Å². The molecule has 4 aromatic rings. The van der Waals surface area contributed by atoms with E-state index < -0.39 is 0 Å². The molecule has 0 saturated heterocycles. The summed E-state index contributed by atoms with van der Waals surface area (Å²) >= 11 is 7.68. The predicted octanol–water partition coefficient (Wildman–Crippen LogP) is 6.16. The van der Waals surface area contributed by atoms with Crippen LogP contribution in [0.2, 0.25) is 5.02 Å². The van der Waals surface area contributed by atoms with E-state index in [0.29, 0.717) is 22.2 Å². The Bertz CT molecular complexity index is 1170. The molecule has 0 aliphatic rings. The fourth-order valence-corrected chi connectivity index (χ4v) is 3.69. The van der Waals surface area contributed by atoms with E-state index in [2.05, 4.69) is 38.7 Å². The lowest BCUT2D eigenvalue weighted by Gasteiger charge is -2.03. The lowest BCUT2D eigenvalue weighted by Crippen LogP contribution is -1.92. The van der Waals surface area contributed by atoms with Gasteiger partial charge < -0.3 is 5.32 Å². The maximum absolute atomic E-state index is 9.57. The number of hydrogen-bond donors (Lipinski definition) is 2. The number of rotatable bonds is 5. The summed E-state index contributed by atoms with van der Waals surface area (Å²) in [5.41, 5.74) is 3.14. The molecule has 2 N–H and O–H groups in total. The average molecular weight is 404 g/mol. The monoisotopic (exact) mass is 403 g/mol. The van der Waals surface area contributed by atoms with E-state index in [1.54, 1.807) is 29.7 Å². The molecule has 0 spiro atoms. The van der Waals surface area contributed by atoms with Gasteiger partial charge in [-0.15, -0.1) is 11.3 Å². The van der Waals surface area contributed by atoms with Gasteiger partial charge in [0.15, 0.2) is 11.6 Å². The summed E-state index contributed by atoms with van der Waals surface area (Å²) < 4.78 is 0. The molecule has 136 valence electrons. The van der Waals surface area contributed by atoms with E-state index in [9.17, 15) is 5.26 Å². The Balaban J connectivity index is 1.63. The number of aromatic nitrogens is 2. The second-order valence-electron chi connectivity index (χ2n) is 5.87. The van der Waals surface area contributed by atoms with Crippen LogP contribution in [0, 0.1) is 11.3 Å². The number of thiophene rings is 1. The highest BCUT2D eigenvalue weighted by molar-refractivity contribution is 7.13. The van der Waals surface area contributed by atoms with Crippen LogP contribution >= 0.6 is 22.9 Å². The summed E-state index contributed by atoms with van der Waals surface area (Å²) in [5, 5.41) is 22.3. The molecule has 0 atom stereocenters. The fraction of sp³-hybridized carbons (Fsp3) is 0. The van der Waals surface area contributed by atoms with Crippen molar-refractivity contribution in [2.45, 2.75) is 0 Å². The third-order valence-electron chi connectivity index (χ3n) is 4.03. The summed E-state index contributed by atoms with van der Waals surface area (Å²) in [6, 6.07) is 21.5. The van der Waals surface area contributed by atoms with E-state index >= 15 is 0 Å². The van der Waals surface area contributed by atoms with Crippen molar-refractivity contribution < 1.29 is 0 Å². The van der Waals surface area contributed by atoms with Gasteiger partial charge in [-0.2, -0.15) is 10.4 Å². The minimum atomic E-state index is 0.338. The van der Waals surface area contributed by atoms with Crippen LogP contribution in [-0.4, -0.2) is 16.4 Å². The van der Waals surface area contributed by atoms with Crippen LogP contribution in [0.15, 0.2) is 71.0 Å². The number of aromatic amines is 1. The second kappa shape index (κ2) is 8.09. The minimum absolute atomic E-state index is 0.338. The van der Waals surface area contributed by atoms with Crippen LogP contribution in [0.25, 0.3) is 10.4 Å². The van der Waals surface area contributed by atoms with Crippen LogP contribution in [0.1, 0.15) is 11.1 Å². The molecule has 0 fully saturated rings.